The van der Waals surface area contributed by atoms with Crippen molar-refractivity contribution < 1.29 is 0 Å². The summed E-state index contributed by atoms with van der Waals surface area (Å²) in [4.78, 5) is 0. The number of hydrogen-bond acceptors (Lipinski definition) is 0. The van der Waals surface area contributed by atoms with Gasteiger partial charge in [-0.25, -0.2) is 0 Å². The van der Waals surface area contributed by atoms with Crippen molar-refractivity contribution in [3.63, 3.8) is 0 Å². The lowest BCUT2D eigenvalue weighted by molar-refractivity contribution is 0.538. The maximum Gasteiger partial charge on any atom is -0.0119 e. The maximum atomic E-state index is 2.32. The molecule has 0 bridgehead atoms. The van der Waals surface area contributed by atoms with Crippen LogP contribution in [0.25, 0.3) is 5.57 Å². The van der Waals surface area contributed by atoms with E-state index in [4.69, 9.17) is 0 Å². The highest BCUT2D eigenvalue weighted by Crippen LogP contribution is 2.39. The third-order valence-corrected chi connectivity index (χ3v) is 4.45. The molecular formula is C20H22. The lowest BCUT2D eigenvalue weighted by atomic mass is 9.91. The van der Waals surface area contributed by atoms with Gasteiger partial charge in [0, 0.05) is 0 Å². The Morgan fingerprint density at radius 2 is 1.45 bits per heavy atom. The molecule has 1 aliphatic rings. The Kier molecular flexibility index (Phi) is 4.01. The van der Waals surface area contributed by atoms with E-state index in [-0.39, 0.29) is 0 Å². The van der Waals surface area contributed by atoms with Crippen LogP contribution in [0.2, 0.25) is 0 Å². The molecule has 0 aliphatic heterocycles. The molecule has 102 valence electrons. The third-order valence-electron chi connectivity index (χ3n) is 4.45. The van der Waals surface area contributed by atoms with Gasteiger partial charge in [0.05, 0.1) is 0 Å². The van der Waals surface area contributed by atoms with E-state index in [1.807, 2.05) is 0 Å². The highest BCUT2D eigenvalue weighted by molar-refractivity contribution is 5.82. The predicted octanol–water partition coefficient (Wildman–Crippen LogP) is 5.70. The first-order valence-electron chi connectivity index (χ1n) is 7.71. The fourth-order valence-electron chi connectivity index (χ4n) is 3.29. The van der Waals surface area contributed by atoms with Crippen LogP contribution in [0.15, 0.2) is 66.2 Å². The summed E-state index contributed by atoms with van der Waals surface area (Å²) in [6.45, 7) is 2.32. The zero-order valence-corrected chi connectivity index (χ0v) is 12.2. The quantitative estimate of drug-likeness (QED) is 0.665. The Morgan fingerprint density at radius 1 is 0.900 bits per heavy atom. The first-order chi connectivity index (χ1) is 9.88. The fraction of sp³-hybridized carbons (Fsp3) is 0.300. The average molecular weight is 262 g/mol. The van der Waals surface area contributed by atoms with Gasteiger partial charge >= 0.3 is 0 Å². The molecule has 0 radical (unpaired) electrons. The van der Waals surface area contributed by atoms with Crippen LogP contribution in [-0.2, 0) is 0 Å². The van der Waals surface area contributed by atoms with E-state index in [1.165, 1.54) is 42.4 Å². The van der Waals surface area contributed by atoms with Crippen molar-refractivity contribution in [2.75, 3.05) is 0 Å². The van der Waals surface area contributed by atoms with Crippen LogP contribution in [-0.4, -0.2) is 0 Å². The van der Waals surface area contributed by atoms with Gasteiger partial charge in [-0.15, -0.1) is 0 Å². The summed E-state index contributed by atoms with van der Waals surface area (Å²) in [6.07, 6.45) is 5.20. The molecule has 0 heteroatoms. The van der Waals surface area contributed by atoms with E-state index >= 15 is 0 Å². The molecule has 0 saturated heterocycles. The highest BCUT2D eigenvalue weighted by atomic mass is 14.3. The second-order valence-electron chi connectivity index (χ2n) is 5.73. The zero-order valence-electron chi connectivity index (χ0n) is 12.2. The van der Waals surface area contributed by atoms with E-state index in [0.717, 1.165) is 5.92 Å². The molecule has 1 saturated carbocycles. The number of rotatable bonds is 3. The van der Waals surface area contributed by atoms with E-state index in [2.05, 4.69) is 67.6 Å². The first kappa shape index (κ1) is 13.2. The molecule has 2 aromatic carbocycles. The lowest BCUT2D eigenvalue weighted by Crippen LogP contribution is -1.93. The predicted molar refractivity (Wildman–Crippen MR) is 86.5 cm³/mol. The van der Waals surface area contributed by atoms with Crippen LogP contribution in [0.5, 0.6) is 0 Å². The van der Waals surface area contributed by atoms with Gasteiger partial charge in [0.1, 0.15) is 0 Å². The minimum atomic E-state index is 0.882. The molecule has 0 nitrogen and oxygen atoms in total. The first-order valence-corrected chi connectivity index (χ1v) is 7.71. The standard InChI is InChI=1S/C20H22/c1-2-16-13-14-19(15-16)20(17-9-5-3-6-10-17)18-11-7-4-8-12-18/h3-12,16H,2,13-15H2,1H3. The molecule has 1 aliphatic carbocycles. The van der Waals surface area contributed by atoms with Gasteiger partial charge in [-0.3, -0.25) is 0 Å². The largest absolute Gasteiger partial charge is 0.0651 e. The normalized spacial score (nSPS) is 18.2. The molecular weight excluding hydrogens is 240 g/mol. The smallest absolute Gasteiger partial charge is 0.0119 e. The molecule has 0 spiro atoms. The van der Waals surface area contributed by atoms with Crippen molar-refractivity contribution in [2.24, 2.45) is 5.92 Å². The minimum Gasteiger partial charge on any atom is -0.0651 e. The highest BCUT2D eigenvalue weighted by Gasteiger charge is 2.21. The van der Waals surface area contributed by atoms with Gasteiger partial charge in [-0.1, -0.05) is 79.6 Å². The Balaban J connectivity index is 2.08. The van der Waals surface area contributed by atoms with E-state index in [0.29, 0.717) is 0 Å². The van der Waals surface area contributed by atoms with Crippen molar-refractivity contribution >= 4 is 5.57 Å². The van der Waals surface area contributed by atoms with Gasteiger partial charge in [0.2, 0.25) is 0 Å². The second kappa shape index (κ2) is 6.09. The monoisotopic (exact) mass is 262 g/mol. The summed E-state index contributed by atoms with van der Waals surface area (Å²) in [7, 11) is 0. The topological polar surface area (TPSA) is 0 Å². The van der Waals surface area contributed by atoms with Gasteiger partial charge in [0.15, 0.2) is 0 Å². The van der Waals surface area contributed by atoms with Gasteiger partial charge in [-0.05, 0) is 41.9 Å². The maximum absolute atomic E-state index is 2.32. The van der Waals surface area contributed by atoms with Crippen LogP contribution in [0.3, 0.4) is 0 Å². The molecule has 20 heavy (non-hydrogen) atoms. The molecule has 3 rings (SSSR count). The SMILES string of the molecule is CCC1CCC(=C(c2ccccc2)c2ccccc2)C1. The summed E-state index contributed by atoms with van der Waals surface area (Å²) in [5.74, 6) is 0.882. The molecule has 1 atom stereocenters. The Hall–Kier alpha value is -1.82. The van der Waals surface area contributed by atoms with Crippen molar-refractivity contribution in [1.29, 1.82) is 0 Å². The van der Waals surface area contributed by atoms with Crippen LogP contribution >= 0.6 is 0 Å². The Bertz CT molecular complexity index is 536. The molecule has 1 unspecified atom stereocenters. The summed E-state index contributed by atoms with van der Waals surface area (Å²) >= 11 is 0. The van der Waals surface area contributed by atoms with Gasteiger partial charge < -0.3 is 0 Å². The second-order valence-corrected chi connectivity index (χ2v) is 5.73. The molecule has 2 aromatic rings. The summed E-state index contributed by atoms with van der Waals surface area (Å²) in [5.41, 5.74) is 5.85. The van der Waals surface area contributed by atoms with Gasteiger partial charge in [0.25, 0.3) is 0 Å². The zero-order chi connectivity index (χ0) is 13.8. The molecule has 0 aromatic heterocycles. The molecule has 1 fully saturated rings. The van der Waals surface area contributed by atoms with Crippen molar-refractivity contribution in [2.45, 2.75) is 32.6 Å². The van der Waals surface area contributed by atoms with Crippen LogP contribution in [0.4, 0.5) is 0 Å². The average Bonchev–Trinajstić information content (AvgIpc) is 2.98. The van der Waals surface area contributed by atoms with Gasteiger partial charge in [-0.2, -0.15) is 0 Å². The number of allylic oxidation sites excluding steroid dienone is 1. The van der Waals surface area contributed by atoms with Crippen molar-refractivity contribution in [3.05, 3.63) is 77.4 Å². The minimum absolute atomic E-state index is 0.882. The van der Waals surface area contributed by atoms with Crippen molar-refractivity contribution in [3.8, 4) is 0 Å². The molecule has 0 amide bonds. The van der Waals surface area contributed by atoms with E-state index in [1.54, 1.807) is 5.57 Å². The van der Waals surface area contributed by atoms with Crippen LogP contribution < -0.4 is 0 Å². The lowest BCUT2D eigenvalue weighted by Gasteiger charge is -2.13. The number of hydrogen-bond donors (Lipinski definition) is 0. The number of benzene rings is 2. The Morgan fingerprint density at radius 3 is 1.90 bits per heavy atom. The Labute approximate surface area is 122 Å². The molecule has 0 heterocycles. The fourth-order valence-corrected chi connectivity index (χ4v) is 3.29. The van der Waals surface area contributed by atoms with Crippen LogP contribution in [0, 0.1) is 5.92 Å². The van der Waals surface area contributed by atoms with Crippen LogP contribution in [0.1, 0.15) is 43.7 Å². The van der Waals surface area contributed by atoms with E-state index < -0.39 is 0 Å². The summed E-state index contributed by atoms with van der Waals surface area (Å²) in [5, 5.41) is 0. The summed E-state index contributed by atoms with van der Waals surface area (Å²) < 4.78 is 0. The summed E-state index contributed by atoms with van der Waals surface area (Å²) in [6, 6.07) is 21.7. The third kappa shape index (κ3) is 2.70. The molecule has 0 N–H and O–H groups in total. The van der Waals surface area contributed by atoms with E-state index in [9.17, 15) is 0 Å². The van der Waals surface area contributed by atoms with Crippen molar-refractivity contribution in [1.82, 2.24) is 0 Å².